The monoisotopic (exact) mass is 414 g/mol. The smallest absolute Gasteiger partial charge is 0.322 e. The van der Waals surface area contributed by atoms with Gasteiger partial charge < -0.3 is 24.4 Å². The molecule has 0 aliphatic rings. The van der Waals surface area contributed by atoms with Crippen molar-refractivity contribution in [2.75, 3.05) is 38.7 Å². The van der Waals surface area contributed by atoms with Crippen molar-refractivity contribution in [3.63, 3.8) is 0 Å². The zero-order valence-electron chi connectivity index (χ0n) is 18.7. The number of nitrogens with zero attached hydrogens (tertiary/aromatic N) is 3. The summed E-state index contributed by atoms with van der Waals surface area (Å²) in [5, 5.41) is 2.90. The number of urea groups is 1. The van der Waals surface area contributed by atoms with Crippen molar-refractivity contribution in [1.82, 2.24) is 14.4 Å². The fraction of sp³-hybridized carbons (Fsp3) is 0.478. The van der Waals surface area contributed by atoms with Crippen molar-refractivity contribution in [3.8, 4) is 0 Å². The van der Waals surface area contributed by atoms with Crippen LogP contribution in [-0.4, -0.2) is 59.7 Å². The minimum absolute atomic E-state index is 0.0179. The van der Waals surface area contributed by atoms with E-state index in [0.29, 0.717) is 31.9 Å². The van der Waals surface area contributed by atoms with Gasteiger partial charge in [0, 0.05) is 44.8 Å². The van der Waals surface area contributed by atoms with Crippen LogP contribution in [0.15, 0.2) is 42.6 Å². The highest BCUT2D eigenvalue weighted by atomic mass is 16.5. The molecule has 0 radical (unpaired) electrons. The van der Waals surface area contributed by atoms with Gasteiger partial charge in [-0.15, -0.1) is 0 Å². The number of benzene rings is 1. The van der Waals surface area contributed by atoms with Crippen LogP contribution in [-0.2, 0) is 23.1 Å². The van der Waals surface area contributed by atoms with Crippen molar-refractivity contribution < 1.29 is 14.3 Å². The second-order valence-electron chi connectivity index (χ2n) is 7.99. The molecule has 2 rings (SSSR count). The number of anilines is 1. The average Bonchev–Trinajstić information content (AvgIpc) is 3.10. The molecule has 3 amide bonds. The largest absolute Gasteiger partial charge is 0.383 e. The fourth-order valence-corrected chi connectivity index (χ4v) is 3.11. The third-order valence-corrected chi connectivity index (χ3v) is 4.82. The Labute approximate surface area is 179 Å². The molecule has 30 heavy (non-hydrogen) atoms. The summed E-state index contributed by atoms with van der Waals surface area (Å²) in [7, 11) is 3.57. The normalized spacial score (nSPS) is 10.9. The first-order valence-electron chi connectivity index (χ1n) is 10.3. The molecule has 1 aromatic carbocycles. The van der Waals surface area contributed by atoms with Crippen LogP contribution in [0.2, 0.25) is 0 Å². The molecule has 0 unspecified atom stereocenters. The predicted octanol–water partition coefficient (Wildman–Crippen LogP) is 3.50. The Kier molecular flexibility index (Phi) is 8.92. The Balaban J connectivity index is 2.10. The number of aryl methyl sites for hydroxylation is 2. The summed E-state index contributed by atoms with van der Waals surface area (Å²) in [6.45, 7) is 7.95. The Morgan fingerprint density at radius 1 is 1.13 bits per heavy atom. The van der Waals surface area contributed by atoms with E-state index in [1.54, 1.807) is 16.9 Å². The quantitative estimate of drug-likeness (QED) is 0.647. The van der Waals surface area contributed by atoms with Crippen molar-refractivity contribution in [2.24, 2.45) is 13.0 Å². The third kappa shape index (κ3) is 7.22. The van der Waals surface area contributed by atoms with Gasteiger partial charge in [-0.2, -0.15) is 0 Å². The van der Waals surface area contributed by atoms with Gasteiger partial charge in [-0.3, -0.25) is 4.79 Å². The van der Waals surface area contributed by atoms with E-state index in [2.05, 4.69) is 5.32 Å². The van der Waals surface area contributed by atoms with Gasteiger partial charge in [0.15, 0.2) is 0 Å². The lowest BCUT2D eigenvalue weighted by Crippen LogP contribution is -2.46. The summed E-state index contributed by atoms with van der Waals surface area (Å²) in [4.78, 5) is 29.3. The minimum atomic E-state index is -0.272. The van der Waals surface area contributed by atoms with E-state index >= 15 is 0 Å². The lowest BCUT2D eigenvalue weighted by atomic mass is 10.2. The predicted molar refractivity (Wildman–Crippen MR) is 119 cm³/mol. The van der Waals surface area contributed by atoms with E-state index < -0.39 is 0 Å². The van der Waals surface area contributed by atoms with Crippen LogP contribution in [0.5, 0.6) is 0 Å². The Morgan fingerprint density at radius 2 is 1.83 bits per heavy atom. The number of hydrogen-bond donors (Lipinski definition) is 1. The van der Waals surface area contributed by atoms with Crippen LogP contribution in [0.1, 0.15) is 25.1 Å². The van der Waals surface area contributed by atoms with Gasteiger partial charge in [-0.05, 0) is 37.1 Å². The molecule has 164 valence electrons. The summed E-state index contributed by atoms with van der Waals surface area (Å²) < 4.78 is 7.17. The number of ether oxygens (including phenoxy) is 1. The number of methoxy groups -OCH3 is 1. The molecule has 0 atom stereocenters. The summed E-state index contributed by atoms with van der Waals surface area (Å²) in [5.41, 5.74) is 2.86. The highest BCUT2D eigenvalue weighted by Crippen LogP contribution is 2.12. The second-order valence-corrected chi connectivity index (χ2v) is 7.99. The van der Waals surface area contributed by atoms with Gasteiger partial charge >= 0.3 is 6.03 Å². The number of rotatable bonds is 10. The molecule has 7 nitrogen and oxygen atoms in total. The van der Waals surface area contributed by atoms with Crippen LogP contribution < -0.4 is 5.32 Å². The van der Waals surface area contributed by atoms with Gasteiger partial charge in [0.05, 0.1) is 13.2 Å². The first kappa shape index (κ1) is 23.5. The number of aromatic nitrogens is 1. The van der Waals surface area contributed by atoms with Crippen molar-refractivity contribution in [3.05, 3.63) is 53.9 Å². The third-order valence-electron chi connectivity index (χ3n) is 4.82. The lowest BCUT2D eigenvalue weighted by Gasteiger charge is -2.29. The summed E-state index contributed by atoms with van der Waals surface area (Å²) in [6.07, 6.45) is 1.95. The molecule has 1 N–H and O–H groups in total. The molecule has 0 fully saturated rings. The molecule has 2 aromatic rings. The summed E-state index contributed by atoms with van der Waals surface area (Å²) in [5.74, 6) is 0.134. The number of hydrogen-bond acceptors (Lipinski definition) is 3. The fourth-order valence-electron chi connectivity index (χ4n) is 3.11. The molecule has 0 bridgehead atoms. The van der Waals surface area contributed by atoms with E-state index in [9.17, 15) is 9.59 Å². The standard InChI is InChI=1S/C23H34N4O3/c1-18(2)15-27(23(29)24-20-10-8-19(3)9-11-20)17-22(28)26(13-14-30-5)16-21-7-6-12-25(21)4/h6-12,18H,13-17H2,1-5H3,(H,24,29). The molecule has 0 saturated heterocycles. The highest BCUT2D eigenvalue weighted by molar-refractivity contribution is 5.92. The minimum Gasteiger partial charge on any atom is -0.383 e. The molecule has 7 heteroatoms. The van der Waals surface area contributed by atoms with E-state index in [1.165, 1.54) is 0 Å². The van der Waals surface area contributed by atoms with E-state index in [4.69, 9.17) is 4.74 Å². The molecule has 0 spiro atoms. The maximum atomic E-state index is 13.1. The zero-order valence-corrected chi connectivity index (χ0v) is 18.7. The van der Waals surface area contributed by atoms with Crippen molar-refractivity contribution >= 4 is 17.6 Å². The molecule has 0 aliphatic carbocycles. The van der Waals surface area contributed by atoms with Gasteiger partial charge in [-0.25, -0.2) is 4.79 Å². The molecular formula is C23H34N4O3. The molecular weight excluding hydrogens is 380 g/mol. The van der Waals surface area contributed by atoms with Crippen LogP contribution in [0.3, 0.4) is 0 Å². The van der Waals surface area contributed by atoms with Crippen LogP contribution in [0, 0.1) is 12.8 Å². The van der Waals surface area contributed by atoms with E-state index in [0.717, 1.165) is 11.3 Å². The van der Waals surface area contributed by atoms with Crippen LogP contribution in [0.25, 0.3) is 0 Å². The maximum absolute atomic E-state index is 13.1. The first-order valence-corrected chi connectivity index (χ1v) is 10.3. The van der Waals surface area contributed by atoms with Gasteiger partial charge in [0.2, 0.25) is 5.91 Å². The SMILES string of the molecule is COCCN(Cc1cccn1C)C(=O)CN(CC(C)C)C(=O)Nc1ccc(C)cc1. The van der Waals surface area contributed by atoms with Gasteiger partial charge in [0.25, 0.3) is 0 Å². The van der Waals surface area contributed by atoms with Gasteiger partial charge in [-0.1, -0.05) is 31.5 Å². The molecule has 1 heterocycles. The summed E-state index contributed by atoms with van der Waals surface area (Å²) in [6, 6.07) is 11.3. The van der Waals surface area contributed by atoms with Crippen molar-refractivity contribution in [1.29, 1.82) is 0 Å². The highest BCUT2D eigenvalue weighted by Gasteiger charge is 2.23. The molecule has 0 aliphatic heterocycles. The van der Waals surface area contributed by atoms with Crippen LogP contribution in [0.4, 0.5) is 10.5 Å². The van der Waals surface area contributed by atoms with E-state index in [1.807, 2.05) is 75.0 Å². The average molecular weight is 415 g/mol. The Morgan fingerprint density at radius 3 is 2.40 bits per heavy atom. The van der Waals surface area contributed by atoms with Gasteiger partial charge in [0.1, 0.15) is 6.54 Å². The second kappa shape index (κ2) is 11.4. The first-order chi connectivity index (χ1) is 14.3. The van der Waals surface area contributed by atoms with Crippen molar-refractivity contribution in [2.45, 2.75) is 27.3 Å². The molecule has 1 aromatic heterocycles. The maximum Gasteiger partial charge on any atom is 0.322 e. The lowest BCUT2D eigenvalue weighted by molar-refractivity contribution is -0.133. The summed E-state index contributed by atoms with van der Waals surface area (Å²) >= 11 is 0. The Bertz CT molecular complexity index is 814. The van der Waals surface area contributed by atoms with E-state index in [-0.39, 0.29) is 24.4 Å². The van der Waals surface area contributed by atoms with Crippen LogP contribution >= 0.6 is 0 Å². The molecule has 0 saturated carbocycles. The zero-order chi connectivity index (χ0) is 22.1. The topological polar surface area (TPSA) is 66.8 Å². The number of nitrogens with one attached hydrogen (secondary N) is 1. The Hall–Kier alpha value is -2.80. The number of carbonyl (C=O) groups is 2. The number of carbonyl (C=O) groups excluding carboxylic acids is 2. The number of amides is 3.